The van der Waals surface area contributed by atoms with Crippen LogP contribution in [0.3, 0.4) is 0 Å². The number of fused-ring (bicyclic) bond motifs is 1. The molecule has 0 radical (unpaired) electrons. The minimum Gasteiger partial charge on any atom is -0.480 e. The maximum absolute atomic E-state index is 12.3. The largest absolute Gasteiger partial charge is 0.480 e. The van der Waals surface area contributed by atoms with Crippen molar-refractivity contribution in [2.45, 2.75) is 13.1 Å². The van der Waals surface area contributed by atoms with Crippen molar-refractivity contribution >= 4 is 22.6 Å². The molecule has 0 heterocycles. The van der Waals surface area contributed by atoms with Crippen LogP contribution in [0.2, 0.25) is 0 Å². The Morgan fingerprint density at radius 1 is 0.559 bits per heavy atom. The van der Waals surface area contributed by atoms with Gasteiger partial charge in [0.05, 0.1) is 0 Å². The lowest BCUT2D eigenvalue weighted by Crippen LogP contribution is -2.29. The van der Waals surface area contributed by atoms with Crippen LogP contribution in [0.25, 0.3) is 10.8 Å². The number of hydrogen-bond donors (Lipinski definition) is 2. The summed E-state index contributed by atoms with van der Waals surface area (Å²) < 4.78 is 11.6. The van der Waals surface area contributed by atoms with E-state index in [0.29, 0.717) is 24.6 Å². The van der Waals surface area contributed by atoms with Gasteiger partial charge in [-0.2, -0.15) is 0 Å². The zero-order valence-corrected chi connectivity index (χ0v) is 18.7. The second-order valence-corrected chi connectivity index (χ2v) is 7.75. The monoisotopic (exact) mass is 454 g/mol. The van der Waals surface area contributed by atoms with Gasteiger partial charge < -0.3 is 20.1 Å². The molecular weight excluding hydrogens is 428 g/mol. The zero-order chi connectivity index (χ0) is 23.6. The van der Waals surface area contributed by atoms with Gasteiger partial charge in [-0.3, -0.25) is 9.59 Å². The minimum atomic E-state index is -0.247. The SMILES string of the molecule is O=C(COc1cc2ccccc2cc1OCC(=O)NCc1ccccc1)NCc1ccccc1. The van der Waals surface area contributed by atoms with Gasteiger partial charge in [-0.15, -0.1) is 0 Å². The van der Waals surface area contributed by atoms with Crippen LogP contribution in [0.1, 0.15) is 11.1 Å². The first-order chi connectivity index (χ1) is 16.7. The molecule has 0 saturated carbocycles. The first-order valence-electron chi connectivity index (χ1n) is 11.1. The Bertz CT molecular complexity index is 1150. The standard InChI is InChI=1S/C28H26N2O4/c31-27(29-17-21-9-3-1-4-10-21)19-33-25-15-23-13-7-8-14-24(23)16-26(25)34-20-28(32)30-18-22-11-5-2-6-12-22/h1-16H,17-20H2,(H,29,31)(H,30,32). The molecule has 0 aliphatic carbocycles. The fraction of sp³-hybridized carbons (Fsp3) is 0.143. The number of nitrogens with one attached hydrogen (secondary N) is 2. The summed E-state index contributed by atoms with van der Waals surface area (Å²) in [6.07, 6.45) is 0. The molecule has 6 heteroatoms. The lowest BCUT2D eigenvalue weighted by Gasteiger charge is -2.14. The molecule has 0 aromatic heterocycles. The highest BCUT2D eigenvalue weighted by Crippen LogP contribution is 2.32. The van der Waals surface area contributed by atoms with E-state index in [1.54, 1.807) is 0 Å². The predicted octanol–water partition coefficient (Wildman–Crippen LogP) is 4.23. The molecular formula is C28H26N2O4. The molecule has 0 spiro atoms. The van der Waals surface area contributed by atoms with Crippen LogP contribution in [0.4, 0.5) is 0 Å². The average Bonchev–Trinajstić information content (AvgIpc) is 2.89. The molecule has 0 aliphatic heterocycles. The molecule has 0 saturated heterocycles. The molecule has 2 amide bonds. The van der Waals surface area contributed by atoms with E-state index in [9.17, 15) is 9.59 Å². The van der Waals surface area contributed by atoms with E-state index < -0.39 is 0 Å². The molecule has 0 bridgehead atoms. The molecule has 0 aliphatic rings. The summed E-state index contributed by atoms with van der Waals surface area (Å²) in [5.41, 5.74) is 2.01. The minimum absolute atomic E-state index is 0.165. The zero-order valence-electron chi connectivity index (χ0n) is 18.7. The van der Waals surface area contributed by atoms with Gasteiger partial charge in [0.15, 0.2) is 24.7 Å². The molecule has 0 fully saturated rings. The summed E-state index contributed by atoms with van der Waals surface area (Å²) in [6, 6.07) is 30.7. The van der Waals surface area contributed by atoms with Crippen LogP contribution in [-0.4, -0.2) is 25.0 Å². The van der Waals surface area contributed by atoms with Crippen molar-refractivity contribution in [2.75, 3.05) is 13.2 Å². The Balaban J connectivity index is 1.37. The van der Waals surface area contributed by atoms with Crippen molar-refractivity contribution < 1.29 is 19.1 Å². The third-order valence-corrected chi connectivity index (χ3v) is 5.19. The Labute approximate surface area is 198 Å². The third-order valence-electron chi connectivity index (χ3n) is 5.19. The number of carbonyl (C=O) groups excluding carboxylic acids is 2. The number of benzene rings is 4. The fourth-order valence-corrected chi connectivity index (χ4v) is 3.41. The van der Waals surface area contributed by atoms with Crippen molar-refractivity contribution in [3.63, 3.8) is 0 Å². The van der Waals surface area contributed by atoms with Gasteiger partial charge in [0, 0.05) is 13.1 Å². The summed E-state index contributed by atoms with van der Waals surface area (Å²) in [6.45, 7) is 0.515. The molecule has 6 nitrogen and oxygen atoms in total. The van der Waals surface area contributed by atoms with E-state index in [1.165, 1.54) is 0 Å². The quantitative estimate of drug-likeness (QED) is 0.376. The van der Waals surface area contributed by atoms with E-state index >= 15 is 0 Å². The lowest BCUT2D eigenvalue weighted by atomic mass is 10.1. The number of amides is 2. The molecule has 34 heavy (non-hydrogen) atoms. The molecule has 172 valence electrons. The highest BCUT2D eigenvalue weighted by molar-refractivity contribution is 5.86. The highest BCUT2D eigenvalue weighted by Gasteiger charge is 2.12. The predicted molar refractivity (Wildman–Crippen MR) is 132 cm³/mol. The summed E-state index contributed by atoms with van der Waals surface area (Å²) in [5.74, 6) is 0.320. The summed E-state index contributed by atoms with van der Waals surface area (Å²) in [5, 5.41) is 7.57. The van der Waals surface area contributed by atoms with Gasteiger partial charge in [0.25, 0.3) is 11.8 Å². The molecule has 4 aromatic carbocycles. The Hall–Kier alpha value is -4.32. The van der Waals surface area contributed by atoms with Crippen molar-refractivity contribution in [2.24, 2.45) is 0 Å². The van der Waals surface area contributed by atoms with Crippen LogP contribution < -0.4 is 20.1 Å². The first-order valence-corrected chi connectivity index (χ1v) is 11.1. The maximum atomic E-state index is 12.3. The smallest absolute Gasteiger partial charge is 0.258 e. The van der Waals surface area contributed by atoms with Crippen LogP contribution >= 0.6 is 0 Å². The Morgan fingerprint density at radius 2 is 0.941 bits per heavy atom. The van der Waals surface area contributed by atoms with E-state index in [0.717, 1.165) is 21.9 Å². The van der Waals surface area contributed by atoms with Gasteiger partial charge in [-0.1, -0.05) is 84.9 Å². The Kier molecular flexibility index (Phi) is 7.74. The lowest BCUT2D eigenvalue weighted by molar-refractivity contribution is -0.124. The Morgan fingerprint density at radius 3 is 1.35 bits per heavy atom. The van der Waals surface area contributed by atoms with Crippen molar-refractivity contribution in [1.82, 2.24) is 10.6 Å². The van der Waals surface area contributed by atoms with Crippen LogP contribution in [0.15, 0.2) is 97.1 Å². The molecule has 0 atom stereocenters. The summed E-state index contributed by atoms with van der Waals surface area (Å²) in [4.78, 5) is 24.6. The van der Waals surface area contributed by atoms with Crippen molar-refractivity contribution in [3.05, 3.63) is 108 Å². The van der Waals surface area contributed by atoms with E-state index in [2.05, 4.69) is 10.6 Å². The number of ether oxygens (including phenoxy) is 2. The molecule has 4 rings (SSSR count). The van der Waals surface area contributed by atoms with E-state index in [4.69, 9.17) is 9.47 Å². The second-order valence-electron chi connectivity index (χ2n) is 7.75. The van der Waals surface area contributed by atoms with E-state index in [1.807, 2.05) is 97.1 Å². The van der Waals surface area contributed by atoms with Crippen molar-refractivity contribution in [3.8, 4) is 11.5 Å². The van der Waals surface area contributed by atoms with Crippen molar-refractivity contribution in [1.29, 1.82) is 0 Å². The normalized spacial score (nSPS) is 10.5. The summed E-state index contributed by atoms with van der Waals surface area (Å²) in [7, 11) is 0. The van der Waals surface area contributed by atoms with Gasteiger partial charge >= 0.3 is 0 Å². The van der Waals surface area contributed by atoms with Crippen LogP contribution in [-0.2, 0) is 22.7 Å². The number of rotatable bonds is 10. The molecule has 4 aromatic rings. The third kappa shape index (κ3) is 6.59. The van der Waals surface area contributed by atoms with Gasteiger partial charge in [-0.05, 0) is 34.0 Å². The van der Waals surface area contributed by atoms with Crippen LogP contribution in [0.5, 0.6) is 11.5 Å². The number of hydrogen-bond acceptors (Lipinski definition) is 4. The van der Waals surface area contributed by atoms with Gasteiger partial charge in [0.1, 0.15) is 0 Å². The fourth-order valence-electron chi connectivity index (χ4n) is 3.41. The number of carbonyl (C=O) groups is 2. The van der Waals surface area contributed by atoms with E-state index in [-0.39, 0.29) is 25.0 Å². The van der Waals surface area contributed by atoms with Crippen LogP contribution in [0, 0.1) is 0 Å². The van der Waals surface area contributed by atoms with Gasteiger partial charge in [-0.25, -0.2) is 0 Å². The summed E-state index contributed by atoms with van der Waals surface area (Å²) >= 11 is 0. The maximum Gasteiger partial charge on any atom is 0.258 e. The van der Waals surface area contributed by atoms with Gasteiger partial charge in [0.2, 0.25) is 0 Å². The first kappa shape index (κ1) is 22.9. The molecule has 0 unspecified atom stereocenters. The highest BCUT2D eigenvalue weighted by atomic mass is 16.5. The molecule has 2 N–H and O–H groups in total. The topological polar surface area (TPSA) is 76.7 Å². The average molecular weight is 455 g/mol. The second kappa shape index (κ2) is 11.5.